The molecule has 0 bridgehead atoms. The maximum Gasteiger partial charge on any atom is 0.471 e. The van der Waals surface area contributed by atoms with Crippen LogP contribution in [0.4, 0.5) is 74.6 Å². The molecular formula is C27H25F17N2O. The lowest BCUT2D eigenvalue weighted by atomic mass is 9.90. The lowest BCUT2D eigenvalue weighted by Gasteiger charge is -2.42. The third kappa shape index (κ3) is 7.49. The van der Waals surface area contributed by atoms with Crippen LogP contribution in [0, 0.1) is 0 Å². The van der Waals surface area contributed by atoms with E-state index in [-0.39, 0.29) is 11.4 Å². The average molecular weight is 716 g/mol. The molecular weight excluding hydrogens is 691 g/mol. The third-order valence-corrected chi connectivity index (χ3v) is 6.83. The number of rotatable bonds is 17. The number of nitrogens with zero attached hydrogens (tertiary/aromatic N) is 2. The number of aromatic nitrogens is 2. The Balaban J connectivity index is 2.22. The largest absolute Gasteiger partial charge is 0.471 e. The maximum atomic E-state index is 14.1. The van der Waals surface area contributed by atoms with E-state index in [9.17, 15) is 74.6 Å². The van der Waals surface area contributed by atoms with Gasteiger partial charge in [0.1, 0.15) is 5.75 Å². The summed E-state index contributed by atoms with van der Waals surface area (Å²) >= 11 is 0. The Morgan fingerprint density at radius 1 is 0.511 bits per heavy atom. The van der Waals surface area contributed by atoms with Gasteiger partial charge in [0.2, 0.25) is 0 Å². The van der Waals surface area contributed by atoms with Gasteiger partial charge in [0.05, 0.1) is 0 Å². The first kappa shape index (κ1) is 40.1. The number of aryl methyl sites for hydroxylation is 1. The second-order valence-electron chi connectivity index (χ2n) is 10.4. The van der Waals surface area contributed by atoms with Gasteiger partial charge in [-0.2, -0.15) is 74.6 Å². The Kier molecular flexibility index (Phi) is 11.8. The lowest BCUT2D eigenvalue weighted by molar-refractivity contribution is -0.471. The van der Waals surface area contributed by atoms with E-state index in [1.807, 2.05) is 0 Å². The van der Waals surface area contributed by atoms with Gasteiger partial charge in [-0.1, -0.05) is 45.4 Å². The first-order valence-electron chi connectivity index (χ1n) is 13.5. The van der Waals surface area contributed by atoms with Crippen LogP contribution >= 0.6 is 0 Å². The molecule has 0 amide bonds. The Labute approximate surface area is 255 Å². The van der Waals surface area contributed by atoms with Gasteiger partial charge < -0.3 is 4.74 Å². The summed E-state index contributed by atoms with van der Waals surface area (Å²) in [4.78, 5) is 8.02. The molecule has 0 unspecified atom stereocenters. The molecule has 1 heterocycles. The number of unbranched alkanes of at least 4 members (excludes halogenated alkanes) is 6. The minimum Gasteiger partial charge on any atom is -0.428 e. The zero-order valence-electron chi connectivity index (χ0n) is 23.8. The van der Waals surface area contributed by atoms with E-state index in [2.05, 4.69) is 21.6 Å². The van der Waals surface area contributed by atoms with E-state index in [1.165, 1.54) is 12.4 Å². The molecule has 0 saturated heterocycles. The molecule has 20 heteroatoms. The SMILES string of the molecule is CCCCCCCCCc1cnc(-c2ccc(OC(F)(F)C(F)(F)C(F)(F)C(F)(F)C(F)(F)C(F)(F)C(F)(F)C(F)(F)F)cc2)nc1. The standard InChI is InChI=1S/C27H25F17N2O/c1-2-3-4-5-6-7-8-9-16-14-45-19(46-15-16)17-10-12-18(13-11-17)47-27(43,44)25(38,39)23(34,35)21(30,31)20(28,29)22(32,33)24(36,37)26(40,41)42/h10-15H,2-9H2,1H3. The van der Waals surface area contributed by atoms with Crippen molar-refractivity contribution in [3.63, 3.8) is 0 Å². The monoisotopic (exact) mass is 716 g/mol. The first-order chi connectivity index (χ1) is 21.2. The van der Waals surface area contributed by atoms with Gasteiger partial charge in [0.15, 0.2) is 5.82 Å². The Hall–Kier alpha value is -3.09. The van der Waals surface area contributed by atoms with Crippen LogP contribution in [-0.4, -0.2) is 57.8 Å². The highest BCUT2D eigenvalue weighted by Crippen LogP contribution is 2.64. The average Bonchev–Trinajstić information content (AvgIpc) is 2.96. The normalized spacial score (nSPS) is 14.4. The summed E-state index contributed by atoms with van der Waals surface area (Å²) in [6.45, 7) is 2.08. The summed E-state index contributed by atoms with van der Waals surface area (Å²) in [6.07, 6.45) is -4.12. The smallest absolute Gasteiger partial charge is 0.428 e. The molecule has 0 saturated carbocycles. The van der Waals surface area contributed by atoms with Gasteiger partial charge in [0, 0.05) is 18.0 Å². The number of hydrogen-bond acceptors (Lipinski definition) is 3. The molecule has 0 fully saturated rings. The van der Waals surface area contributed by atoms with E-state index in [4.69, 9.17) is 0 Å². The topological polar surface area (TPSA) is 35.0 Å². The fourth-order valence-electron chi connectivity index (χ4n) is 3.95. The van der Waals surface area contributed by atoms with Crippen LogP contribution in [0.25, 0.3) is 11.4 Å². The van der Waals surface area contributed by atoms with Crippen LogP contribution < -0.4 is 4.74 Å². The van der Waals surface area contributed by atoms with Crippen molar-refractivity contribution in [1.29, 1.82) is 0 Å². The third-order valence-electron chi connectivity index (χ3n) is 6.83. The summed E-state index contributed by atoms with van der Waals surface area (Å²) < 4.78 is 231. The van der Waals surface area contributed by atoms with Crippen LogP contribution in [-0.2, 0) is 6.42 Å². The van der Waals surface area contributed by atoms with Crippen molar-refractivity contribution in [2.24, 2.45) is 0 Å². The molecule has 0 radical (unpaired) electrons. The van der Waals surface area contributed by atoms with Crippen molar-refractivity contribution in [3.05, 3.63) is 42.2 Å². The van der Waals surface area contributed by atoms with E-state index < -0.39 is 53.6 Å². The molecule has 0 spiro atoms. The summed E-state index contributed by atoms with van der Waals surface area (Å²) in [6, 6.07) is 2.24. The van der Waals surface area contributed by atoms with Gasteiger partial charge >= 0.3 is 47.8 Å². The van der Waals surface area contributed by atoms with Crippen molar-refractivity contribution < 1.29 is 79.4 Å². The quantitative estimate of drug-likeness (QED) is 0.121. The van der Waals surface area contributed by atoms with Crippen molar-refractivity contribution in [2.45, 2.75) is 106 Å². The number of benzene rings is 1. The highest BCUT2D eigenvalue weighted by Gasteiger charge is 2.95. The molecule has 2 rings (SSSR count). The predicted molar refractivity (Wildman–Crippen MR) is 130 cm³/mol. The maximum absolute atomic E-state index is 14.1. The van der Waals surface area contributed by atoms with E-state index >= 15 is 0 Å². The molecule has 0 aliphatic heterocycles. The summed E-state index contributed by atoms with van der Waals surface area (Å²) in [7, 11) is 0. The molecule has 0 aliphatic carbocycles. The lowest BCUT2D eigenvalue weighted by Crippen LogP contribution is -2.74. The van der Waals surface area contributed by atoms with Crippen LogP contribution in [0.3, 0.4) is 0 Å². The summed E-state index contributed by atoms with van der Waals surface area (Å²) in [5, 5.41) is 0. The molecule has 2 aromatic rings. The number of ether oxygens (including phenoxy) is 1. The number of alkyl halides is 17. The minimum absolute atomic E-state index is 0.0285. The fourth-order valence-corrected chi connectivity index (χ4v) is 3.95. The number of halogens is 17. The Morgan fingerprint density at radius 3 is 1.36 bits per heavy atom. The number of hydrogen-bond donors (Lipinski definition) is 0. The van der Waals surface area contributed by atoms with E-state index in [1.54, 1.807) is 0 Å². The molecule has 3 nitrogen and oxygen atoms in total. The van der Waals surface area contributed by atoms with Crippen LogP contribution in [0.5, 0.6) is 5.75 Å². The van der Waals surface area contributed by atoms with Gasteiger partial charge in [0.25, 0.3) is 0 Å². The zero-order valence-corrected chi connectivity index (χ0v) is 23.8. The molecule has 268 valence electrons. The van der Waals surface area contributed by atoms with Gasteiger partial charge in [-0.15, -0.1) is 0 Å². The summed E-state index contributed by atoms with van der Waals surface area (Å²) in [5.41, 5.74) is 0.687. The highest BCUT2D eigenvalue weighted by molar-refractivity contribution is 5.56. The van der Waals surface area contributed by atoms with Crippen molar-refractivity contribution in [3.8, 4) is 17.1 Å². The molecule has 0 atom stereocenters. The zero-order chi connectivity index (χ0) is 36.3. The van der Waals surface area contributed by atoms with Crippen LogP contribution in [0.15, 0.2) is 36.7 Å². The van der Waals surface area contributed by atoms with Crippen LogP contribution in [0.1, 0.15) is 57.4 Å². The Morgan fingerprint density at radius 2 is 0.915 bits per heavy atom. The van der Waals surface area contributed by atoms with Crippen molar-refractivity contribution >= 4 is 0 Å². The predicted octanol–water partition coefficient (Wildman–Crippen LogP) is 10.8. The molecule has 0 N–H and O–H groups in total. The van der Waals surface area contributed by atoms with Crippen molar-refractivity contribution in [1.82, 2.24) is 9.97 Å². The fraction of sp³-hybridized carbons (Fsp3) is 0.630. The second-order valence-corrected chi connectivity index (χ2v) is 10.4. The Bertz CT molecular complexity index is 1290. The molecule has 1 aromatic heterocycles. The minimum atomic E-state index is -8.70. The van der Waals surface area contributed by atoms with Crippen molar-refractivity contribution in [2.75, 3.05) is 0 Å². The first-order valence-corrected chi connectivity index (χ1v) is 13.5. The molecule has 47 heavy (non-hydrogen) atoms. The molecule has 1 aromatic carbocycles. The van der Waals surface area contributed by atoms with Gasteiger partial charge in [-0.05, 0) is 42.7 Å². The van der Waals surface area contributed by atoms with Gasteiger partial charge in [-0.3, -0.25) is 0 Å². The van der Waals surface area contributed by atoms with E-state index in [0.717, 1.165) is 57.1 Å². The molecule has 0 aliphatic rings. The highest BCUT2D eigenvalue weighted by atomic mass is 19.4. The second kappa shape index (κ2) is 13.8. The summed E-state index contributed by atoms with van der Waals surface area (Å²) in [5.74, 6) is -52.1. The van der Waals surface area contributed by atoms with Gasteiger partial charge in [-0.25, -0.2) is 9.97 Å². The van der Waals surface area contributed by atoms with E-state index in [0.29, 0.717) is 24.1 Å². The van der Waals surface area contributed by atoms with Crippen LogP contribution in [0.2, 0.25) is 0 Å².